The van der Waals surface area contributed by atoms with Crippen LogP contribution in [-0.4, -0.2) is 39.2 Å². The molecular formula is C11H19N3OS. The molecule has 0 amide bonds. The molecule has 1 aromatic rings. The van der Waals surface area contributed by atoms with Gasteiger partial charge in [-0.25, -0.2) is 4.98 Å². The lowest BCUT2D eigenvalue weighted by Crippen LogP contribution is -2.36. The van der Waals surface area contributed by atoms with Crippen LogP contribution in [0.5, 0.6) is 0 Å². The smallest absolute Gasteiger partial charge is 0.144 e. The monoisotopic (exact) mass is 241 g/mol. The molecule has 1 rings (SSSR count). The third kappa shape index (κ3) is 3.98. The zero-order valence-corrected chi connectivity index (χ0v) is 11.1. The Morgan fingerprint density at radius 3 is 2.69 bits per heavy atom. The van der Waals surface area contributed by atoms with Gasteiger partial charge in [0.15, 0.2) is 0 Å². The molecule has 0 aliphatic heterocycles. The van der Waals surface area contributed by atoms with Gasteiger partial charge in [0, 0.05) is 12.3 Å². The van der Waals surface area contributed by atoms with E-state index in [0.29, 0.717) is 18.1 Å². The lowest BCUT2D eigenvalue weighted by molar-refractivity contribution is 0.0996. The summed E-state index contributed by atoms with van der Waals surface area (Å²) in [5.41, 5.74) is 1.12. The van der Waals surface area contributed by atoms with Crippen LogP contribution in [0.2, 0.25) is 0 Å². The Bertz CT molecular complexity index is 355. The van der Waals surface area contributed by atoms with Gasteiger partial charge >= 0.3 is 0 Å². The first-order valence-electron chi connectivity index (χ1n) is 5.20. The van der Waals surface area contributed by atoms with Crippen LogP contribution < -0.4 is 5.32 Å². The molecule has 5 heteroatoms. The average Bonchev–Trinajstić information content (AvgIpc) is 2.20. The van der Waals surface area contributed by atoms with Crippen LogP contribution in [0.1, 0.15) is 18.3 Å². The van der Waals surface area contributed by atoms with Gasteiger partial charge in [-0.1, -0.05) is 0 Å². The largest absolute Gasteiger partial charge is 0.387 e. The van der Waals surface area contributed by atoms with E-state index in [2.05, 4.69) is 15.3 Å². The van der Waals surface area contributed by atoms with E-state index in [9.17, 15) is 5.11 Å². The molecule has 0 radical (unpaired) electrons. The van der Waals surface area contributed by atoms with E-state index in [1.54, 1.807) is 18.0 Å². The second-order valence-electron chi connectivity index (χ2n) is 4.21. The van der Waals surface area contributed by atoms with Crippen molar-refractivity contribution in [1.29, 1.82) is 0 Å². The molecule has 0 saturated heterocycles. The lowest BCUT2D eigenvalue weighted by Gasteiger charge is -2.22. The third-order valence-corrected chi connectivity index (χ3v) is 3.21. The molecule has 0 fully saturated rings. The minimum atomic E-state index is -0.722. The summed E-state index contributed by atoms with van der Waals surface area (Å²) in [6.07, 6.45) is 3.67. The minimum Gasteiger partial charge on any atom is -0.387 e. The highest BCUT2D eigenvalue weighted by molar-refractivity contribution is 7.98. The third-order valence-electron chi connectivity index (χ3n) is 2.30. The van der Waals surface area contributed by atoms with Gasteiger partial charge in [-0.2, -0.15) is 11.8 Å². The van der Waals surface area contributed by atoms with Gasteiger partial charge in [0.1, 0.15) is 5.82 Å². The second kappa shape index (κ2) is 5.50. The number of nitrogens with zero attached hydrogens (tertiary/aromatic N) is 2. The molecule has 90 valence electrons. The highest BCUT2D eigenvalue weighted by atomic mass is 32.2. The Kier molecular flexibility index (Phi) is 4.56. The van der Waals surface area contributed by atoms with E-state index in [0.717, 1.165) is 11.4 Å². The summed E-state index contributed by atoms with van der Waals surface area (Å²) in [7, 11) is 0. The van der Waals surface area contributed by atoms with Crippen LogP contribution >= 0.6 is 11.8 Å². The van der Waals surface area contributed by atoms with Crippen molar-refractivity contribution in [2.24, 2.45) is 0 Å². The van der Waals surface area contributed by atoms with Crippen molar-refractivity contribution < 1.29 is 5.11 Å². The Morgan fingerprint density at radius 2 is 2.12 bits per heavy atom. The molecule has 2 N–H and O–H groups in total. The molecule has 0 aliphatic rings. The normalized spacial score (nSPS) is 14.6. The molecule has 0 aromatic carbocycles. The average molecular weight is 241 g/mol. The Labute approximate surface area is 101 Å². The van der Waals surface area contributed by atoms with Crippen LogP contribution in [0.3, 0.4) is 0 Å². The second-order valence-corrected chi connectivity index (χ2v) is 5.08. The molecule has 1 heterocycles. The van der Waals surface area contributed by atoms with E-state index < -0.39 is 5.60 Å². The Hall–Kier alpha value is -0.810. The number of thioether (sulfide) groups is 1. The molecule has 1 atom stereocenters. The standard InChI is InChI=1S/C11H19N3OS/c1-8-9(2)14-10(5-12-8)13-6-11(3,15)7-16-4/h5,15H,6-7H2,1-4H3,(H,13,14). The summed E-state index contributed by atoms with van der Waals surface area (Å²) < 4.78 is 0. The van der Waals surface area contributed by atoms with Gasteiger partial charge < -0.3 is 10.4 Å². The van der Waals surface area contributed by atoms with Gasteiger partial charge in [-0.05, 0) is 27.0 Å². The van der Waals surface area contributed by atoms with Crippen LogP contribution in [0.25, 0.3) is 0 Å². The zero-order chi connectivity index (χ0) is 12.2. The fourth-order valence-electron chi connectivity index (χ4n) is 1.27. The van der Waals surface area contributed by atoms with Gasteiger partial charge in [0.25, 0.3) is 0 Å². The maximum absolute atomic E-state index is 9.97. The summed E-state index contributed by atoms with van der Waals surface area (Å²) in [6.45, 7) is 6.14. The number of aromatic nitrogens is 2. The van der Waals surface area contributed by atoms with Crippen LogP contribution in [0, 0.1) is 13.8 Å². The van der Waals surface area contributed by atoms with Crippen molar-refractivity contribution >= 4 is 17.6 Å². The van der Waals surface area contributed by atoms with Crippen LogP contribution in [0.15, 0.2) is 6.20 Å². The number of anilines is 1. The topological polar surface area (TPSA) is 58.0 Å². The van der Waals surface area contributed by atoms with Gasteiger partial charge in [0.2, 0.25) is 0 Å². The van der Waals surface area contributed by atoms with Crippen molar-refractivity contribution in [3.63, 3.8) is 0 Å². The lowest BCUT2D eigenvalue weighted by atomic mass is 10.1. The summed E-state index contributed by atoms with van der Waals surface area (Å²) in [4.78, 5) is 8.56. The summed E-state index contributed by atoms with van der Waals surface area (Å²) in [5, 5.41) is 13.1. The van der Waals surface area contributed by atoms with E-state index in [1.807, 2.05) is 27.0 Å². The van der Waals surface area contributed by atoms with E-state index >= 15 is 0 Å². The van der Waals surface area contributed by atoms with Crippen LogP contribution in [-0.2, 0) is 0 Å². The van der Waals surface area contributed by atoms with E-state index in [4.69, 9.17) is 0 Å². The van der Waals surface area contributed by atoms with Crippen molar-refractivity contribution in [3.8, 4) is 0 Å². The number of rotatable bonds is 5. The molecule has 0 bridgehead atoms. The Morgan fingerprint density at radius 1 is 1.44 bits per heavy atom. The van der Waals surface area contributed by atoms with Crippen molar-refractivity contribution in [2.45, 2.75) is 26.4 Å². The number of nitrogens with one attached hydrogen (secondary N) is 1. The first-order chi connectivity index (χ1) is 7.44. The highest BCUT2D eigenvalue weighted by Gasteiger charge is 2.19. The van der Waals surface area contributed by atoms with Gasteiger partial charge in [-0.15, -0.1) is 0 Å². The molecule has 1 aromatic heterocycles. The first kappa shape index (κ1) is 13.3. The molecule has 0 spiro atoms. The molecular weight excluding hydrogens is 222 g/mol. The highest BCUT2D eigenvalue weighted by Crippen LogP contribution is 2.12. The summed E-state index contributed by atoms with van der Waals surface area (Å²) >= 11 is 1.62. The van der Waals surface area contributed by atoms with Crippen molar-refractivity contribution in [2.75, 3.05) is 23.9 Å². The molecule has 0 saturated carbocycles. The quantitative estimate of drug-likeness (QED) is 0.820. The maximum atomic E-state index is 9.97. The SMILES string of the molecule is CSCC(C)(O)CNc1cnc(C)c(C)n1. The minimum absolute atomic E-state index is 0.477. The predicted molar refractivity (Wildman–Crippen MR) is 69.0 cm³/mol. The summed E-state index contributed by atoms with van der Waals surface area (Å²) in [6, 6.07) is 0. The number of hydrogen-bond acceptors (Lipinski definition) is 5. The van der Waals surface area contributed by atoms with E-state index in [1.165, 1.54) is 0 Å². The molecule has 0 aliphatic carbocycles. The maximum Gasteiger partial charge on any atom is 0.144 e. The van der Waals surface area contributed by atoms with E-state index in [-0.39, 0.29) is 0 Å². The summed E-state index contributed by atoms with van der Waals surface area (Å²) in [5.74, 6) is 1.41. The fraction of sp³-hybridized carbons (Fsp3) is 0.636. The molecule has 16 heavy (non-hydrogen) atoms. The number of aryl methyl sites for hydroxylation is 2. The van der Waals surface area contributed by atoms with Gasteiger partial charge in [0.05, 0.1) is 23.2 Å². The van der Waals surface area contributed by atoms with Gasteiger partial charge in [-0.3, -0.25) is 4.98 Å². The first-order valence-corrected chi connectivity index (χ1v) is 6.59. The Balaban J connectivity index is 2.57. The van der Waals surface area contributed by atoms with Crippen molar-refractivity contribution in [3.05, 3.63) is 17.6 Å². The fourth-order valence-corrected chi connectivity index (χ4v) is 1.99. The number of hydrogen-bond donors (Lipinski definition) is 2. The predicted octanol–water partition coefficient (Wildman–Crippen LogP) is 1.62. The van der Waals surface area contributed by atoms with Crippen LogP contribution in [0.4, 0.5) is 5.82 Å². The molecule has 1 unspecified atom stereocenters. The van der Waals surface area contributed by atoms with Crippen molar-refractivity contribution in [1.82, 2.24) is 9.97 Å². The number of aliphatic hydroxyl groups is 1. The molecule has 4 nitrogen and oxygen atoms in total. The zero-order valence-electron chi connectivity index (χ0n) is 10.2.